The van der Waals surface area contributed by atoms with Gasteiger partial charge in [-0.05, 0) is 13.3 Å². The predicted molar refractivity (Wildman–Crippen MR) is 63.8 cm³/mol. The topological polar surface area (TPSA) is 79.5 Å². The lowest BCUT2D eigenvalue weighted by Crippen LogP contribution is -2.37. The number of thiazole rings is 1. The fourth-order valence-corrected chi connectivity index (χ4v) is 4.61. The monoisotopic (exact) mass is 278 g/mol. The largest absolute Gasteiger partial charge is 0.380 e. The van der Waals surface area contributed by atoms with Crippen LogP contribution >= 0.6 is 11.3 Å². The minimum atomic E-state index is -3.59. The Bertz CT molecular complexity index is 554. The quantitative estimate of drug-likeness (QED) is 0.854. The van der Waals surface area contributed by atoms with E-state index in [4.69, 9.17) is 4.74 Å². The molecule has 96 valence electrons. The van der Waals surface area contributed by atoms with Gasteiger partial charge in [0.15, 0.2) is 4.21 Å². The van der Waals surface area contributed by atoms with Gasteiger partial charge in [0, 0.05) is 19.3 Å². The molecule has 17 heavy (non-hydrogen) atoms. The first-order valence-electron chi connectivity index (χ1n) is 5.18. The van der Waals surface area contributed by atoms with Gasteiger partial charge in [-0.3, -0.25) is 4.79 Å². The number of likely N-dealkylation sites (N-methyl/N-ethyl adjacent to an activating group) is 1. The van der Waals surface area contributed by atoms with E-state index in [-0.39, 0.29) is 15.1 Å². The molecule has 1 aliphatic rings. The van der Waals surface area contributed by atoms with Gasteiger partial charge in [0.1, 0.15) is 0 Å². The highest BCUT2D eigenvalue weighted by molar-refractivity contribution is 7.91. The summed E-state index contributed by atoms with van der Waals surface area (Å²) in [6.45, 7) is 2.57. The van der Waals surface area contributed by atoms with Crippen LogP contribution in [0.1, 0.15) is 12.1 Å². The van der Waals surface area contributed by atoms with E-state index in [9.17, 15) is 13.2 Å². The van der Waals surface area contributed by atoms with Gasteiger partial charge in [-0.1, -0.05) is 11.3 Å². The van der Waals surface area contributed by atoms with Gasteiger partial charge in [-0.2, -0.15) is 4.31 Å². The number of ether oxygens (including phenoxy) is 1. The summed E-state index contributed by atoms with van der Waals surface area (Å²) in [5.74, 6) is 0. The Balaban J connectivity index is 2.35. The molecule has 1 N–H and O–H groups in total. The predicted octanol–water partition coefficient (Wildman–Crippen LogP) is 0.154. The number of rotatable bonds is 3. The third-order valence-corrected chi connectivity index (χ3v) is 6.31. The number of hydrogen-bond acceptors (Lipinski definition) is 5. The van der Waals surface area contributed by atoms with E-state index in [2.05, 4.69) is 4.98 Å². The van der Waals surface area contributed by atoms with Crippen molar-refractivity contribution in [3.8, 4) is 0 Å². The number of aromatic nitrogens is 1. The summed E-state index contributed by atoms with van der Waals surface area (Å²) in [6.07, 6.45) is 0.689. The molecule has 0 spiro atoms. The molecule has 1 aromatic rings. The van der Waals surface area contributed by atoms with Crippen molar-refractivity contribution in [2.45, 2.75) is 23.6 Å². The molecule has 1 aliphatic heterocycles. The zero-order valence-electron chi connectivity index (χ0n) is 9.60. The molecule has 1 unspecified atom stereocenters. The molecule has 0 amide bonds. The standard InChI is InChI=1S/C9H14N2O4S2/c1-6-8(16-9(12)10-6)17(13,14)11(2)7-3-4-15-5-7/h7H,3-5H2,1-2H3,(H,10,12). The lowest BCUT2D eigenvalue weighted by atomic mass is 10.3. The van der Waals surface area contributed by atoms with Gasteiger partial charge < -0.3 is 9.72 Å². The second kappa shape index (κ2) is 4.52. The Morgan fingerprint density at radius 2 is 2.24 bits per heavy atom. The van der Waals surface area contributed by atoms with E-state index in [0.29, 0.717) is 25.3 Å². The summed E-state index contributed by atoms with van der Waals surface area (Å²) in [7, 11) is -2.07. The lowest BCUT2D eigenvalue weighted by Gasteiger charge is -2.21. The molecule has 1 saturated heterocycles. The number of nitrogens with one attached hydrogen (secondary N) is 1. The van der Waals surface area contributed by atoms with Crippen LogP contribution in [0.3, 0.4) is 0 Å². The van der Waals surface area contributed by atoms with E-state index in [1.54, 1.807) is 6.92 Å². The molecular formula is C9H14N2O4S2. The van der Waals surface area contributed by atoms with Crippen molar-refractivity contribution in [2.75, 3.05) is 20.3 Å². The van der Waals surface area contributed by atoms with E-state index in [0.717, 1.165) is 11.3 Å². The van der Waals surface area contributed by atoms with Crippen LogP contribution in [0.4, 0.5) is 0 Å². The molecule has 2 rings (SSSR count). The summed E-state index contributed by atoms with van der Waals surface area (Å²) >= 11 is 0.727. The summed E-state index contributed by atoms with van der Waals surface area (Å²) in [5, 5.41) is 0. The summed E-state index contributed by atoms with van der Waals surface area (Å²) in [4.78, 5) is 13.3. The summed E-state index contributed by atoms with van der Waals surface area (Å²) < 4.78 is 31.1. The summed E-state index contributed by atoms with van der Waals surface area (Å²) in [5.41, 5.74) is 0.394. The first-order valence-corrected chi connectivity index (χ1v) is 7.44. The Hall–Kier alpha value is -0.700. The molecule has 6 nitrogen and oxygen atoms in total. The number of nitrogens with zero attached hydrogens (tertiary/aromatic N) is 1. The van der Waals surface area contributed by atoms with Gasteiger partial charge in [-0.25, -0.2) is 8.42 Å². The Labute approximate surface area is 103 Å². The lowest BCUT2D eigenvalue weighted by molar-refractivity contribution is 0.181. The molecule has 1 atom stereocenters. The fraction of sp³-hybridized carbons (Fsp3) is 0.667. The van der Waals surface area contributed by atoms with Crippen LogP contribution in [0.15, 0.2) is 9.00 Å². The number of aromatic amines is 1. The SMILES string of the molecule is Cc1[nH]c(=O)sc1S(=O)(=O)N(C)C1CCOC1. The zero-order chi connectivity index (χ0) is 12.6. The van der Waals surface area contributed by atoms with Gasteiger partial charge in [0.05, 0.1) is 12.6 Å². The van der Waals surface area contributed by atoms with Crippen LogP contribution in [0.2, 0.25) is 0 Å². The third kappa shape index (κ3) is 2.30. The molecule has 1 fully saturated rings. The maximum Gasteiger partial charge on any atom is 0.305 e. The van der Waals surface area contributed by atoms with Gasteiger partial charge in [0.25, 0.3) is 10.0 Å². The van der Waals surface area contributed by atoms with E-state index in [1.165, 1.54) is 11.4 Å². The molecule has 0 aliphatic carbocycles. The fourth-order valence-electron chi connectivity index (χ4n) is 1.77. The van der Waals surface area contributed by atoms with Crippen LogP contribution < -0.4 is 4.87 Å². The smallest absolute Gasteiger partial charge is 0.305 e. The van der Waals surface area contributed by atoms with Crippen molar-refractivity contribution < 1.29 is 13.2 Å². The average Bonchev–Trinajstić information content (AvgIpc) is 2.86. The Kier molecular flexibility index (Phi) is 3.39. The molecular weight excluding hydrogens is 264 g/mol. The van der Waals surface area contributed by atoms with Crippen LogP contribution in [0, 0.1) is 6.92 Å². The van der Waals surface area contributed by atoms with Crippen LogP contribution in [-0.2, 0) is 14.8 Å². The summed E-state index contributed by atoms with van der Waals surface area (Å²) in [6, 6.07) is -0.142. The molecule has 0 saturated carbocycles. The number of sulfonamides is 1. The molecule has 1 aromatic heterocycles. The van der Waals surface area contributed by atoms with Crippen LogP contribution in [0.25, 0.3) is 0 Å². The van der Waals surface area contributed by atoms with E-state index in [1.807, 2.05) is 0 Å². The van der Waals surface area contributed by atoms with E-state index < -0.39 is 10.0 Å². The van der Waals surface area contributed by atoms with Crippen molar-refractivity contribution >= 4 is 21.4 Å². The van der Waals surface area contributed by atoms with Crippen molar-refractivity contribution in [1.29, 1.82) is 0 Å². The van der Waals surface area contributed by atoms with Crippen molar-refractivity contribution in [3.05, 3.63) is 15.4 Å². The molecule has 0 bridgehead atoms. The second-order valence-corrected chi connectivity index (χ2v) is 7.14. The molecule has 8 heteroatoms. The Morgan fingerprint density at radius 1 is 1.53 bits per heavy atom. The second-order valence-electron chi connectivity index (χ2n) is 3.97. The molecule has 0 radical (unpaired) electrons. The minimum absolute atomic E-state index is 0.0944. The minimum Gasteiger partial charge on any atom is -0.380 e. The maximum atomic E-state index is 12.3. The molecule has 2 heterocycles. The average molecular weight is 278 g/mol. The first kappa shape index (κ1) is 12.7. The van der Waals surface area contributed by atoms with Gasteiger partial charge in [-0.15, -0.1) is 0 Å². The van der Waals surface area contributed by atoms with Gasteiger partial charge in [0.2, 0.25) is 0 Å². The van der Waals surface area contributed by atoms with E-state index >= 15 is 0 Å². The number of aryl methyl sites for hydroxylation is 1. The van der Waals surface area contributed by atoms with Crippen LogP contribution in [-0.4, -0.2) is 44.0 Å². The first-order chi connectivity index (χ1) is 7.93. The third-order valence-electron chi connectivity index (χ3n) is 2.81. The number of hydrogen-bond donors (Lipinski definition) is 1. The highest BCUT2D eigenvalue weighted by atomic mass is 32.2. The van der Waals surface area contributed by atoms with Gasteiger partial charge >= 0.3 is 4.87 Å². The highest BCUT2D eigenvalue weighted by Gasteiger charge is 2.33. The maximum absolute atomic E-state index is 12.3. The normalized spacial score (nSPS) is 21.2. The highest BCUT2D eigenvalue weighted by Crippen LogP contribution is 2.24. The van der Waals surface area contributed by atoms with Crippen molar-refractivity contribution in [3.63, 3.8) is 0 Å². The van der Waals surface area contributed by atoms with Crippen LogP contribution in [0.5, 0.6) is 0 Å². The van der Waals surface area contributed by atoms with Crippen molar-refractivity contribution in [1.82, 2.24) is 9.29 Å². The van der Waals surface area contributed by atoms with Crippen molar-refractivity contribution in [2.24, 2.45) is 0 Å². The number of H-pyrrole nitrogens is 1. The zero-order valence-corrected chi connectivity index (χ0v) is 11.2. The Morgan fingerprint density at radius 3 is 2.71 bits per heavy atom. The molecule has 0 aromatic carbocycles.